The molecule has 7 heteroatoms. The third kappa shape index (κ3) is 2.59. The van der Waals surface area contributed by atoms with E-state index in [2.05, 4.69) is 49.0 Å². The van der Waals surface area contributed by atoms with Gasteiger partial charge in [0.15, 0.2) is 11.5 Å². The van der Waals surface area contributed by atoms with E-state index in [0.717, 1.165) is 12.2 Å². The minimum absolute atomic E-state index is 0.181. The molecule has 1 aliphatic carbocycles. The van der Waals surface area contributed by atoms with Crippen molar-refractivity contribution < 1.29 is 0 Å². The largest absolute Gasteiger partial charge is 0.382 e. The molecule has 2 atom stereocenters. The molecular weight excluding hydrogens is 389 g/mol. The Morgan fingerprint density at radius 2 is 2.35 bits per heavy atom. The van der Waals surface area contributed by atoms with Crippen LogP contribution in [-0.4, -0.2) is 22.9 Å². The number of nitrogens with two attached hydrogens (primary N) is 1. The molecule has 0 aliphatic heterocycles. The van der Waals surface area contributed by atoms with E-state index in [0.29, 0.717) is 20.7 Å². The molecule has 0 bridgehead atoms. The van der Waals surface area contributed by atoms with Crippen LogP contribution in [0.3, 0.4) is 0 Å². The maximum Gasteiger partial charge on any atom is 0.226 e. The molecule has 0 aromatic carbocycles. The number of halogens is 2. The van der Waals surface area contributed by atoms with Gasteiger partial charge in [-0.1, -0.05) is 29.5 Å². The molecule has 108 valence electrons. The van der Waals surface area contributed by atoms with Crippen molar-refractivity contribution in [3.63, 3.8) is 0 Å². The molecule has 1 fully saturated rings. The van der Waals surface area contributed by atoms with Crippen LogP contribution in [0, 0.1) is 5.92 Å². The van der Waals surface area contributed by atoms with E-state index in [9.17, 15) is 0 Å². The van der Waals surface area contributed by atoms with Crippen molar-refractivity contribution in [1.29, 1.82) is 0 Å². The Labute approximate surface area is 136 Å². The highest BCUT2D eigenvalue weighted by Gasteiger charge is 2.35. The second-order valence-electron chi connectivity index (χ2n) is 5.56. The van der Waals surface area contributed by atoms with Crippen molar-refractivity contribution in [2.24, 2.45) is 5.92 Å². The van der Waals surface area contributed by atoms with Gasteiger partial charge in [0.2, 0.25) is 5.28 Å². The lowest BCUT2D eigenvalue weighted by atomic mass is 10.0. The summed E-state index contributed by atoms with van der Waals surface area (Å²) in [7, 11) is 0. The number of hydrogen-bond donors (Lipinski definition) is 1. The summed E-state index contributed by atoms with van der Waals surface area (Å²) >= 11 is 8.52. The van der Waals surface area contributed by atoms with Gasteiger partial charge in [-0.25, -0.2) is 4.98 Å². The molecule has 2 heterocycles. The summed E-state index contributed by atoms with van der Waals surface area (Å²) < 4.78 is 2.52. The number of rotatable bonds is 3. The first-order valence-electron chi connectivity index (χ1n) is 6.83. The first-order chi connectivity index (χ1) is 9.50. The number of nitrogen functional groups attached to an aromatic ring is 1. The molecule has 20 heavy (non-hydrogen) atoms. The zero-order valence-corrected chi connectivity index (χ0v) is 14.2. The van der Waals surface area contributed by atoms with Crippen LogP contribution in [0.25, 0.3) is 11.2 Å². The third-order valence-electron chi connectivity index (χ3n) is 4.21. The van der Waals surface area contributed by atoms with E-state index in [1.807, 2.05) is 0 Å². The third-order valence-corrected chi connectivity index (χ3v) is 6.12. The highest BCUT2D eigenvalue weighted by atomic mass is 127. The number of alkyl halides is 1. The average Bonchev–Trinajstić information content (AvgIpc) is 2.96. The van der Waals surface area contributed by atoms with Crippen LogP contribution < -0.4 is 5.73 Å². The van der Waals surface area contributed by atoms with Gasteiger partial charge in [0, 0.05) is 9.97 Å². The fourth-order valence-electron chi connectivity index (χ4n) is 3.01. The SMILES string of the molecule is CC[C@]1(I)CC[C@H](Cn2cnc3c(N)nc(Cl)nc32)C1. The number of fused-ring (bicyclic) bond motifs is 1. The predicted octanol–water partition coefficient (Wildman–Crippen LogP) is 3.45. The first kappa shape index (κ1) is 14.3. The van der Waals surface area contributed by atoms with Crippen LogP contribution in [0.2, 0.25) is 5.28 Å². The van der Waals surface area contributed by atoms with E-state index >= 15 is 0 Å². The Balaban J connectivity index is 1.85. The maximum atomic E-state index is 5.89. The van der Waals surface area contributed by atoms with Crippen molar-refractivity contribution in [1.82, 2.24) is 19.5 Å². The predicted molar refractivity (Wildman–Crippen MR) is 89.1 cm³/mol. The Kier molecular flexibility index (Phi) is 3.79. The summed E-state index contributed by atoms with van der Waals surface area (Å²) in [6.07, 6.45) is 6.82. The smallest absolute Gasteiger partial charge is 0.226 e. The number of hydrogen-bond acceptors (Lipinski definition) is 4. The van der Waals surface area contributed by atoms with Crippen molar-refractivity contribution in [3.8, 4) is 0 Å². The lowest BCUT2D eigenvalue weighted by Gasteiger charge is -2.19. The number of imidazole rings is 1. The number of anilines is 1. The molecule has 1 aliphatic rings. The monoisotopic (exact) mass is 405 g/mol. The van der Waals surface area contributed by atoms with Crippen molar-refractivity contribution in [2.45, 2.75) is 42.6 Å². The van der Waals surface area contributed by atoms with Crippen LogP contribution in [-0.2, 0) is 6.54 Å². The molecule has 0 spiro atoms. The molecule has 1 saturated carbocycles. The van der Waals surface area contributed by atoms with Crippen molar-refractivity contribution in [2.75, 3.05) is 5.73 Å². The van der Waals surface area contributed by atoms with Gasteiger partial charge in [0.1, 0.15) is 5.52 Å². The van der Waals surface area contributed by atoms with Gasteiger partial charge in [-0.05, 0) is 43.2 Å². The number of nitrogens with zero attached hydrogens (tertiary/aromatic N) is 4. The fourth-order valence-corrected chi connectivity index (χ4v) is 4.12. The standard InChI is InChI=1S/C13H17ClIN5/c1-2-13(15)4-3-8(5-13)6-20-7-17-9-10(16)18-12(14)19-11(9)20/h7-8H,2-6H2,1H3,(H2,16,18,19)/t8-,13-/m0/s1. The fraction of sp³-hybridized carbons (Fsp3) is 0.615. The van der Waals surface area contributed by atoms with Crippen LogP contribution >= 0.6 is 34.2 Å². The van der Waals surface area contributed by atoms with Crippen LogP contribution in [0.5, 0.6) is 0 Å². The summed E-state index contributed by atoms with van der Waals surface area (Å²) in [4.78, 5) is 12.5. The van der Waals surface area contributed by atoms with Crippen molar-refractivity contribution in [3.05, 3.63) is 11.6 Å². The zero-order chi connectivity index (χ0) is 14.3. The van der Waals surface area contributed by atoms with Gasteiger partial charge >= 0.3 is 0 Å². The molecule has 2 aromatic rings. The molecule has 0 radical (unpaired) electrons. The Morgan fingerprint density at radius 3 is 3.05 bits per heavy atom. The van der Waals surface area contributed by atoms with E-state index in [-0.39, 0.29) is 5.28 Å². The second kappa shape index (κ2) is 5.29. The molecular formula is C13H17ClIN5. The Bertz CT molecular complexity index is 643. The number of aromatic nitrogens is 4. The lowest BCUT2D eigenvalue weighted by Crippen LogP contribution is -2.15. The summed E-state index contributed by atoms with van der Waals surface area (Å²) in [6, 6.07) is 0. The highest BCUT2D eigenvalue weighted by Crippen LogP contribution is 2.44. The van der Waals surface area contributed by atoms with Gasteiger partial charge in [-0.15, -0.1) is 0 Å². The lowest BCUT2D eigenvalue weighted by molar-refractivity contribution is 0.450. The van der Waals surface area contributed by atoms with Gasteiger partial charge in [0.05, 0.1) is 6.33 Å². The topological polar surface area (TPSA) is 69.6 Å². The van der Waals surface area contributed by atoms with E-state index in [1.54, 1.807) is 6.33 Å². The van der Waals surface area contributed by atoms with Crippen LogP contribution in [0.1, 0.15) is 32.6 Å². The highest BCUT2D eigenvalue weighted by molar-refractivity contribution is 14.1. The van der Waals surface area contributed by atoms with Gasteiger partial charge in [-0.3, -0.25) is 0 Å². The normalized spacial score (nSPS) is 26.4. The van der Waals surface area contributed by atoms with E-state index in [4.69, 9.17) is 17.3 Å². The molecule has 2 aromatic heterocycles. The second-order valence-corrected chi connectivity index (χ2v) is 8.19. The molecule has 2 N–H and O–H groups in total. The summed E-state index contributed by atoms with van der Waals surface area (Å²) in [5.41, 5.74) is 7.21. The maximum absolute atomic E-state index is 5.89. The van der Waals surface area contributed by atoms with E-state index < -0.39 is 0 Å². The van der Waals surface area contributed by atoms with E-state index in [1.165, 1.54) is 25.7 Å². The van der Waals surface area contributed by atoms with Gasteiger partial charge < -0.3 is 10.3 Å². The first-order valence-corrected chi connectivity index (χ1v) is 8.29. The molecule has 0 amide bonds. The van der Waals surface area contributed by atoms with Gasteiger partial charge in [-0.2, -0.15) is 9.97 Å². The summed E-state index contributed by atoms with van der Waals surface area (Å²) in [5.74, 6) is 1.01. The van der Waals surface area contributed by atoms with Crippen molar-refractivity contribution >= 4 is 51.2 Å². The quantitative estimate of drug-likeness (QED) is 0.482. The molecule has 5 nitrogen and oxygen atoms in total. The van der Waals surface area contributed by atoms with Gasteiger partial charge in [0.25, 0.3) is 0 Å². The molecule has 0 saturated heterocycles. The Morgan fingerprint density at radius 1 is 1.55 bits per heavy atom. The minimum Gasteiger partial charge on any atom is -0.382 e. The van der Waals surface area contributed by atoms with Crippen LogP contribution in [0.15, 0.2) is 6.33 Å². The molecule has 3 rings (SSSR count). The zero-order valence-electron chi connectivity index (χ0n) is 11.3. The Hall–Kier alpha value is -0.630. The average molecular weight is 406 g/mol. The summed E-state index contributed by atoms with van der Waals surface area (Å²) in [6.45, 7) is 3.20. The molecule has 0 unspecified atom stereocenters. The summed E-state index contributed by atoms with van der Waals surface area (Å²) in [5, 5.41) is 0.181. The van der Waals surface area contributed by atoms with Crippen LogP contribution in [0.4, 0.5) is 5.82 Å². The minimum atomic E-state index is 0.181.